The lowest BCUT2D eigenvalue weighted by Gasteiger charge is -2.33. The normalized spacial score (nSPS) is 20.6. The smallest absolute Gasteiger partial charge is 0.387 e. The number of amides is 1. The van der Waals surface area contributed by atoms with Gasteiger partial charge >= 0.3 is 6.18 Å². The summed E-state index contributed by atoms with van der Waals surface area (Å²) >= 11 is 0. The van der Waals surface area contributed by atoms with E-state index in [9.17, 15) is 27.5 Å². The van der Waals surface area contributed by atoms with Crippen LogP contribution >= 0.6 is 0 Å². The summed E-state index contributed by atoms with van der Waals surface area (Å²) in [7, 11) is 0. The molecule has 1 saturated heterocycles. The molecule has 0 bridgehead atoms. The van der Waals surface area contributed by atoms with Crippen LogP contribution in [-0.2, 0) is 4.79 Å². The molecular formula is C16H20F4N2O2. The zero-order chi connectivity index (χ0) is 17.7. The Morgan fingerprint density at radius 3 is 2.62 bits per heavy atom. The van der Waals surface area contributed by atoms with Gasteiger partial charge in [-0.15, -0.1) is 0 Å². The summed E-state index contributed by atoms with van der Waals surface area (Å²) in [6.07, 6.45) is -4.09. The predicted octanol–water partition coefficient (Wildman–Crippen LogP) is 2.25. The zero-order valence-corrected chi connectivity index (χ0v) is 13.0. The highest BCUT2D eigenvalue weighted by Crippen LogP contribution is 2.21. The monoisotopic (exact) mass is 348 g/mol. The van der Waals surface area contributed by atoms with Crippen LogP contribution in [0.3, 0.4) is 0 Å². The Bertz CT molecular complexity index is 548. The van der Waals surface area contributed by atoms with E-state index >= 15 is 0 Å². The second-order valence-corrected chi connectivity index (χ2v) is 6.00. The van der Waals surface area contributed by atoms with Gasteiger partial charge in [0, 0.05) is 13.1 Å². The van der Waals surface area contributed by atoms with Crippen molar-refractivity contribution in [3.63, 3.8) is 0 Å². The van der Waals surface area contributed by atoms with E-state index in [-0.39, 0.29) is 6.54 Å². The van der Waals surface area contributed by atoms with Gasteiger partial charge in [0.2, 0.25) is 5.91 Å². The lowest BCUT2D eigenvalue weighted by Crippen LogP contribution is -2.46. The lowest BCUT2D eigenvalue weighted by atomic mass is 9.96. The number of rotatable bonds is 5. The van der Waals surface area contributed by atoms with Gasteiger partial charge in [-0.05, 0) is 37.1 Å². The molecule has 1 fully saturated rings. The van der Waals surface area contributed by atoms with Gasteiger partial charge in [-0.25, -0.2) is 4.39 Å². The Hall–Kier alpha value is -1.67. The zero-order valence-electron chi connectivity index (χ0n) is 13.0. The summed E-state index contributed by atoms with van der Waals surface area (Å²) in [5.41, 5.74) is 0.556. The number of carbonyl (C=O) groups is 1. The Labute approximate surface area is 137 Å². The summed E-state index contributed by atoms with van der Waals surface area (Å²) in [6, 6.07) is 5.47. The first-order chi connectivity index (χ1) is 11.2. The molecule has 0 spiro atoms. The molecule has 2 N–H and O–H groups in total. The standard InChI is InChI=1S/C16H20F4N2O2/c17-13-5-3-11(4-6-13)14(23)9-22-7-1-2-12(8-22)15(24)21-10-16(18,19)20/h3-6,12,14,23H,1-2,7-10H2,(H,21,24). The number of likely N-dealkylation sites (tertiary alicyclic amines) is 1. The van der Waals surface area contributed by atoms with Crippen LogP contribution in [0.15, 0.2) is 24.3 Å². The first-order valence-corrected chi connectivity index (χ1v) is 7.75. The number of carbonyl (C=O) groups excluding carboxylic acids is 1. The molecule has 0 aromatic heterocycles. The molecule has 0 radical (unpaired) electrons. The third-order valence-electron chi connectivity index (χ3n) is 4.03. The molecule has 1 aromatic carbocycles. The largest absolute Gasteiger partial charge is 0.405 e. The quantitative estimate of drug-likeness (QED) is 0.803. The number of nitrogens with zero attached hydrogens (tertiary/aromatic N) is 1. The molecule has 1 aromatic rings. The Morgan fingerprint density at radius 2 is 2.00 bits per heavy atom. The first-order valence-electron chi connectivity index (χ1n) is 7.75. The number of hydrogen-bond acceptors (Lipinski definition) is 3. The number of β-amino-alcohol motifs (C(OH)–C–C–N with tert-alkyl or cyclic N) is 1. The second kappa shape index (κ2) is 7.94. The molecule has 2 rings (SSSR count). The molecule has 1 amide bonds. The van der Waals surface area contributed by atoms with Crippen molar-refractivity contribution in [1.82, 2.24) is 10.2 Å². The minimum Gasteiger partial charge on any atom is -0.387 e. The van der Waals surface area contributed by atoms with Crippen LogP contribution in [0.5, 0.6) is 0 Å². The third kappa shape index (κ3) is 5.76. The maximum atomic E-state index is 12.9. The van der Waals surface area contributed by atoms with Gasteiger partial charge in [0.05, 0.1) is 12.0 Å². The Balaban J connectivity index is 1.86. The number of nitrogens with one attached hydrogen (secondary N) is 1. The van der Waals surface area contributed by atoms with Crippen molar-refractivity contribution in [3.8, 4) is 0 Å². The van der Waals surface area contributed by atoms with Gasteiger partial charge in [-0.2, -0.15) is 13.2 Å². The molecule has 0 aliphatic carbocycles. The highest BCUT2D eigenvalue weighted by molar-refractivity contribution is 5.79. The predicted molar refractivity (Wildman–Crippen MR) is 79.6 cm³/mol. The van der Waals surface area contributed by atoms with E-state index in [4.69, 9.17) is 0 Å². The average molecular weight is 348 g/mol. The summed E-state index contributed by atoms with van der Waals surface area (Å²) in [4.78, 5) is 13.7. The van der Waals surface area contributed by atoms with Crippen molar-refractivity contribution in [2.24, 2.45) is 5.92 Å². The van der Waals surface area contributed by atoms with Gasteiger partial charge in [0.15, 0.2) is 0 Å². The van der Waals surface area contributed by atoms with Crippen molar-refractivity contribution in [1.29, 1.82) is 0 Å². The van der Waals surface area contributed by atoms with Crippen LogP contribution in [0.2, 0.25) is 0 Å². The van der Waals surface area contributed by atoms with Crippen LogP contribution in [0, 0.1) is 11.7 Å². The molecule has 4 nitrogen and oxygen atoms in total. The Kier molecular flexibility index (Phi) is 6.17. The third-order valence-corrected chi connectivity index (χ3v) is 4.03. The van der Waals surface area contributed by atoms with Gasteiger partial charge < -0.3 is 10.4 Å². The molecule has 1 heterocycles. The summed E-state index contributed by atoms with van der Waals surface area (Å²) < 4.78 is 49.4. The van der Waals surface area contributed by atoms with Crippen LogP contribution in [0.25, 0.3) is 0 Å². The van der Waals surface area contributed by atoms with E-state index in [2.05, 4.69) is 0 Å². The molecular weight excluding hydrogens is 328 g/mol. The van der Waals surface area contributed by atoms with E-state index in [1.54, 1.807) is 0 Å². The lowest BCUT2D eigenvalue weighted by molar-refractivity contribution is -0.141. The number of hydrogen-bond donors (Lipinski definition) is 2. The van der Waals surface area contributed by atoms with E-state index in [1.807, 2.05) is 10.2 Å². The van der Waals surface area contributed by atoms with Crippen molar-refractivity contribution < 1.29 is 27.5 Å². The highest BCUT2D eigenvalue weighted by atomic mass is 19.4. The molecule has 2 unspecified atom stereocenters. The fraction of sp³-hybridized carbons (Fsp3) is 0.562. The molecule has 24 heavy (non-hydrogen) atoms. The number of piperidine rings is 1. The minimum absolute atomic E-state index is 0.245. The van der Waals surface area contributed by atoms with Crippen molar-refractivity contribution in [2.45, 2.75) is 25.1 Å². The topological polar surface area (TPSA) is 52.6 Å². The first kappa shape index (κ1) is 18.7. The summed E-state index contributed by atoms with van der Waals surface area (Å²) in [5, 5.41) is 12.1. The fourth-order valence-electron chi connectivity index (χ4n) is 2.80. The average Bonchev–Trinajstić information content (AvgIpc) is 2.52. The molecule has 2 atom stereocenters. The van der Waals surface area contributed by atoms with Crippen LogP contribution in [0.1, 0.15) is 24.5 Å². The number of benzene rings is 1. The number of alkyl halides is 3. The van der Waals surface area contributed by atoms with Gasteiger partial charge in [-0.3, -0.25) is 9.69 Å². The van der Waals surface area contributed by atoms with Crippen molar-refractivity contribution in [3.05, 3.63) is 35.6 Å². The molecule has 134 valence electrons. The van der Waals surface area contributed by atoms with Gasteiger partial charge in [-0.1, -0.05) is 12.1 Å². The number of aliphatic hydroxyl groups excluding tert-OH is 1. The van der Waals surface area contributed by atoms with Crippen molar-refractivity contribution in [2.75, 3.05) is 26.2 Å². The van der Waals surface area contributed by atoms with E-state index < -0.39 is 36.5 Å². The summed E-state index contributed by atoms with van der Waals surface area (Å²) in [5.74, 6) is -1.54. The fourth-order valence-corrected chi connectivity index (χ4v) is 2.80. The number of halogens is 4. The molecule has 1 aliphatic rings. The Morgan fingerprint density at radius 1 is 1.33 bits per heavy atom. The van der Waals surface area contributed by atoms with Gasteiger partial charge in [0.25, 0.3) is 0 Å². The molecule has 0 saturated carbocycles. The summed E-state index contributed by atoms with van der Waals surface area (Å²) in [6.45, 7) is -0.140. The number of aliphatic hydroxyl groups is 1. The SMILES string of the molecule is O=C(NCC(F)(F)F)C1CCCN(CC(O)c2ccc(F)cc2)C1. The van der Waals surface area contributed by atoms with E-state index in [0.717, 1.165) is 0 Å². The maximum absolute atomic E-state index is 12.9. The van der Waals surface area contributed by atoms with Crippen LogP contribution in [-0.4, -0.2) is 48.3 Å². The minimum atomic E-state index is -4.43. The van der Waals surface area contributed by atoms with E-state index in [0.29, 0.717) is 31.5 Å². The van der Waals surface area contributed by atoms with Crippen molar-refractivity contribution >= 4 is 5.91 Å². The maximum Gasteiger partial charge on any atom is 0.405 e. The second-order valence-electron chi connectivity index (χ2n) is 6.00. The van der Waals surface area contributed by atoms with E-state index in [1.165, 1.54) is 24.3 Å². The van der Waals surface area contributed by atoms with Gasteiger partial charge in [0.1, 0.15) is 12.4 Å². The molecule has 8 heteroatoms. The molecule has 1 aliphatic heterocycles. The highest BCUT2D eigenvalue weighted by Gasteiger charge is 2.31. The van der Waals surface area contributed by atoms with Crippen LogP contribution < -0.4 is 5.32 Å². The van der Waals surface area contributed by atoms with Crippen LogP contribution in [0.4, 0.5) is 17.6 Å².